The van der Waals surface area contributed by atoms with Crippen LogP contribution in [0.15, 0.2) is 17.1 Å². The van der Waals surface area contributed by atoms with Gasteiger partial charge in [0.05, 0.1) is 0 Å². The van der Waals surface area contributed by atoms with E-state index in [1.807, 2.05) is 4.57 Å². The summed E-state index contributed by atoms with van der Waals surface area (Å²) in [4.78, 5) is 13.5. The third kappa shape index (κ3) is 2.28. The molecule has 1 aromatic heterocycles. The zero-order chi connectivity index (χ0) is 9.26. The molecule has 0 aliphatic heterocycles. The fourth-order valence-electron chi connectivity index (χ4n) is 1.35. The van der Waals surface area contributed by atoms with Gasteiger partial charge >= 0.3 is 0 Å². The Morgan fingerprint density at radius 1 is 1.62 bits per heavy atom. The van der Waals surface area contributed by atoms with Crippen molar-refractivity contribution in [3.8, 4) is 0 Å². The maximum atomic E-state index is 10.9. The number of hydrogen-bond donors (Lipinski definition) is 1. The lowest BCUT2D eigenvalue weighted by Gasteiger charge is -2.03. The van der Waals surface area contributed by atoms with Gasteiger partial charge in [-0.2, -0.15) is 0 Å². The Labute approximate surface area is 81.4 Å². The molecule has 0 atom stereocenters. The van der Waals surface area contributed by atoms with Crippen LogP contribution in [0.5, 0.6) is 0 Å². The Morgan fingerprint density at radius 3 is 3.00 bits per heavy atom. The SMILES string of the molecule is O=c1ccn(CCC2CC2)c(=S)[nH]1. The highest BCUT2D eigenvalue weighted by atomic mass is 32.1. The fourth-order valence-corrected chi connectivity index (χ4v) is 1.60. The largest absolute Gasteiger partial charge is 0.325 e. The maximum absolute atomic E-state index is 10.9. The van der Waals surface area contributed by atoms with Crippen molar-refractivity contribution in [2.75, 3.05) is 0 Å². The second kappa shape index (κ2) is 3.46. The van der Waals surface area contributed by atoms with Gasteiger partial charge in [0.2, 0.25) is 0 Å². The van der Waals surface area contributed by atoms with Crippen LogP contribution in [0.1, 0.15) is 19.3 Å². The highest BCUT2D eigenvalue weighted by molar-refractivity contribution is 7.71. The first-order chi connectivity index (χ1) is 6.25. The molecule has 1 saturated carbocycles. The molecule has 0 amide bonds. The van der Waals surface area contributed by atoms with E-state index in [4.69, 9.17) is 12.2 Å². The number of H-pyrrole nitrogens is 1. The first kappa shape index (κ1) is 8.69. The highest BCUT2D eigenvalue weighted by Crippen LogP contribution is 2.32. The first-order valence-corrected chi connectivity index (χ1v) is 4.96. The molecule has 13 heavy (non-hydrogen) atoms. The molecule has 70 valence electrons. The van der Waals surface area contributed by atoms with E-state index < -0.39 is 0 Å². The molecule has 0 saturated heterocycles. The molecule has 1 fully saturated rings. The molecule has 0 unspecified atom stereocenters. The predicted octanol–water partition coefficient (Wildman–Crippen LogP) is 1.71. The Bertz CT molecular complexity index is 403. The summed E-state index contributed by atoms with van der Waals surface area (Å²) in [6.07, 6.45) is 5.66. The van der Waals surface area contributed by atoms with Crippen LogP contribution in [-0.2, 0) is 6.54 Å². The van der Waals surface area contributed by atoms with Gasteiger partial charge < -0.3 is 4.57 Å². The quantitative estimate of drug-likeness (QED) is 0.747. The van der Waals surface area contributed by atoms with Crippen LogP contribution in [0.2, 0.25) is 0 Å². The van der Waals surface area contributed by atoms with E-state index in [2.05, 4.69) is 4.98 Å². The molecule has 1 heterocycles. The standard InChI is InChI=1S/C9H12N2OS/c12-8-4-6-11(9(13)10-8)5-3-7-1-2-7/h4,6-7H,1-3,5H2,(H,10,12,13). The molecule has 0 bridgehead atoms. The molecule has 0 spiro atoms. The smallest absolute Gasteiger partial charge is 0.251 e. The molecule has 1 N–H and O–H groups in total. The van der Waals surface area contributed by atoms with Crippen molar-refractivity contribution < 1.29 is 0 Å². The topological polar surface area (TPSA) is 37.8 Å². The minimum absolute atomic E-state index is 0.118. The Balaban J connectivity index is 2.10. The van der Waals surface area contributed by atoms with E-state index in [0.29, 0.717) is 4.77 Å². The van der Waals surface area contributed by atoms with Gasteiger partial charge in [-0.1, -0.05) is 12.8 Å². The van der Waals surface area contributed by atoms with E-state index in [1.54, 1.807) is 6.20 Å². The summed E-state index contributed by atoms with van der Waals surface area (Å²) in [6.45, 7) is 0.931. The van der Waals surface area contributed by atoms with Crippen LogP contribution in [0.4, 0.5) is 0 Å². The van der Waals surface area contributed by atoms with Gasteiger partial charge in [0.25, 0.3) is 5.56 Å². The number of hydrogen-bond acceptors (Lipinski definition) is 2. The van der Waals surface area contributed by atoms with Gasteiger partial charge in [0.1, 0.15) is 0 Å². The molecular weight excluding hydrogens is 184 g/mol. The van der Waals surface area contributed by atoms with E-state index in [0.717, 1.165) is 12.5 Å². The lowest BCUT2D eigenvalue weighted by atomic mass is 10.3. The van der Waals surface area contributed by atoms with E-state index >= 15 is 0 Å². The number of aryl methyl sites for hydroxylation is 1. The van der Waals surface area contributed by atoms with Gasteiger partial charge in [-0.3, -0.25) is 9.78 Å². The van der Waals surface area contributed by atoms with Crippen molar-refractivity contribution in [3.05, 3.63) is 27.4 Å². The average Bonchev–Trinajstić information content (AvgIpc) is 2.86. The molecule has 1 aromatic rings. The molecule has 2 rings (SSSR count). The number of aromatic nitrogens is 2. The summed E-state index contributed by atoms with van der Waals surface area (Å²) in [5, 5.41) is 0. The van der Waals surface area contributed by atoms with Crippen molar-refractivity contribution in [2.45, 2.75) is 25.8 Å². The number of nitrogens with one attached hydrogen (secondary N) is 1. The number of rotatable bonds is 3. The maximum Gasteiger partial charge on any atom is 0.251 e. The van der Waals surface area contributed by atoms with Crippen molar-refractivity contribution in [1.29, 1.82) is 0 Å². The Hall–Kier alpha value is -0.900. The van der Waals surface area contributed by atoms with E-state index in [1.165, 1.54) is 25.3 Å². The molecule has 0 radical (unpaired) electrons. The van der Waals surface area contributed by atoms with Crippen LogP contribution >= 0.6 is 12.2 Å². The third-order valence-corrected chi connectivity index (χ3v) is 2.71. The normalized spacial score (nSPS) is 16.0. The zero-order valence-electron chi connectivity index (χ0n) is 7.32. The van der Waals surface area contributed by atoms with Crippen LogP contribution in [0, 0.1) is 10.7 Å². The fraction of sp³-hybridized carbons (Fsp3) is 0.556. The number of nitrogens with zero attached hydrogens (tertiary/aromatic N) is 1. The molecule has 4 heteroatoms. The third-order valence-electron chi connectivity index (χ3n) is 2.37. The van der Waals surface area contributed by atoms with Gasteiger partial charge in [0, 0.05) is 18.8 Å². The summed E-state index contributed by atoms with van der Waals surface area (Å²) < 4.78 is 2.46. The van der Waals surface area contributed by atoms with Crippen LogP contribution in [0.25, 0.3) is 0 Å². The molecule has 0 aromatic carbocycles. The molecular formula is C9H12N2OS. The summed E-state index contributed by atoms with van der Waals surface area (Å²) in [6, 6.07) is 1.52. The van der Waals surface area contributed by atoms with Gasteiger partial charge in [-0.25, -0.2) is 0 Å². The van der Waals surface area contributed by atoms with Crippen LogP contribution < -0.4 is 5.56 Å². The van der Waals surface area contributed by atoms with Gasteiger partial charge in [0.15, 0.2) is 4.77 Å². The lowest BCUT2D eigenvalue weighted by Crippen LogP contribution is -2.11. The number of aromatic amines is 1. The second-order valence-corrected chi connectivity index (χ2v) is 3.92. The monoisotopic (exact) mass is 196 g/mol. The van der Waals surface area contributed by atoms with Gasteiger partial charge in [-0.15, -0.1) is 0 Å². The summed E-state index contributed by atoms with van der Waals surface area (Å²) >= 11 is 5.02. The molecule has 1 aliphatic rings. The van der Waals surface area contributed by atoms with Crippen LogP contribution in [0.3, 0.4) is 0 Å². The predicted molar refractivity (Wildman–Crippen MR) is 53.2 cm³/mol. The molecule has 1 aliphatic carbocycles. The van der Waals surface area contributed by atoms with E-state index in [9.17, 15) is 4.79 Å². The summed E-state index contributed by atoms with van der Waals surface area (Å²) in [5.74, 6) is 0.897. The summed E-state index contributed by atoms with van der Waals surface area (Å²) in [5.41, 5.74) is -0.118. The highest BCUT2D eigenvalue weighted by Gasteiger charge is 2.20. The zero-order valence-corrected chi connectivity index (χ0v) is 8.14. The van der Waals surface area contributed by atoms with Crippen LogP contribution in [-0.4, -0.2) is 9.55 Å². The van der Waals surface area contributed by atoms with Crippen molar-refractivity contribution in [2.24, 2.45) is 5.92 Å². The minimum Gasteiger partial charge on any atom is -0.325 e. The van der Waals surface area contributed by atoms with Crippen molar-refractivity contribution in [1.82, 2.24) is 9.55 Å². The van der Waals surface area contributed by atoms with Gasteiger partial charge in [-0.05, 0) is 24.6 Å². The van der Waals surface area contributed by atoms with E-state index in [-0.39, 0.29) is 5.56 Å². The average molecular weight is 196 g/mol. The Kier molecular flexibility index (Phi) is 2.31. The van der Waals surface area contributed by atoms with Crippen molar-refractivity contribution >= 4 is 12.2 Å². The molecule has 3 nitrogen and oxygen atoms in total. The first-order valence-electron chi connectivity index (χ1n) is 4.55. The lowest BCUT2D eigenvalue weighted by molar-refractivity contribution is 0.579. The summed E-state index contributed by atoms with van der Waals surface area (Å²) in [7, 11) is 0. The van der Waals surface area contributed by atoms with Crippen molar-refractivity contribution in [3.63, 3.8) is 0 Å². The second-order valence-electron chi connectivity index (χ2n) is 3.54. The minimum atomic E-state index is -0.118. The Morgan fingerprint density at radius 2 is 2.38 bits per heavy atom.